The molecular weight excluding hydrogens is 314 g/mol. The van der Waals surface area contributed by atoms with Crippen molar-refractivity contribution in [3.05, 3.63) is 62.3 Å². The van der Waals surface area contributed by atoms with E-state index in [-0.39, 0.29) is 29.1 Å². The maximum atomic E-state index is 12.6. The normalized spacial score (nSPS) is 22.1. The zero-order chi connectivity index (χ0) is 16.8. The van der Waals surface area contributed by atoms with Crippen LogP contribution in [0.1, 0.15) is 28.6 Å². The molecule has 4 rings (SSSR count). The Morgan fingerprint density at radius 1 is 1.21 bits per heavy atom. The summed E-state index contributed by atoms with van der Waals surface area (Å²) in [6.45, 7) is 1.59. The number of nitro groups is 1. The van der Waals surface area contributed by atoms with Crippen molar-refractivity contribution in [2.45, 2.75) is 18.9 Å². The molecule has 0 aliphatic carbocycles. The summed E-state index contributed by atoms with van der Waals surface area (Å²) in [6.07, 6.45) is 0.936. The fraction of sp³-hybridized carbons (Fsp3) is 0.375. The highest BCUT2D eigenvalue weighted by molar-refractivity contribution is 5.91. The molecule has 0 unspecified atom stereocenters. The summed E-state index contributed by atoms with van der Waals surface area (Å²) in [7, 11) is 0. The summed E-state index contributed by atoms with van der Waals surface area (Å²) in [6, 6.07) is 7.74. The van der Waals surface area contributed by atoms with Crippen molar-refractivity contribution in [1.29, 1.82) is 0 Å². The fourth-order valence-electron chi connectivity index (χ4n) is 3.76. The lowest BCUT2D eigenvalue weighted by atomic mass is 9.83. The number of nitrogens with zero attached hydrogens (tertiary/aromatic N) is 3. The van der Waals surface area contributed by atoms with E-state index in [1.165, 1.54) is 12.1 Å². The highest BCUT2D eigenvalue weighted by Gasteiger charge is 2.37. The first-order chi connectivity index (χ1) is 11.5. The lowest BCUT2D eigenvalue weighted by Crippen LogP contribution is -2.49. The average Bonchev–Trinajstić information content (AvgIpc) is 3.05. The molecule has 2 aliphatic rings. The molecule has 8 nitrogen and oxygen atoms in total. The monoisotopic (exact) mass is 329 g/mol. The van der Waals surface area contributed by atoms with Gasteiger partial charge in [0, 0.05) is 37.3 Å². The summed E-state index contributed by atoms with van der Waals surface area (Å²) in [4.78, 5) is 36.3. The van der Waals surface area contributed by atoms with E-state index >= 15 is 0 Å². The number of aromatic nitrogens is 1. The van der Waals surface area contributed by atoms with Gasteiger partial charge in [0.1, 0.15) is 4.92 Å². The van der Waals surface area contributed by atoms with Crippen LogP contribution in [0, 0.1) is 16.0 Å². The number of amides is 1. The first kappa shape index (κ1) is 14.7. The third-order valence-corrected chi connectivity index (χ3v) is 4.75. The lowest BCUT2D eigenvalue weighted by molar-refractivity contribution is -0.402. The summed E-state index contributed by atoms with van der Waals surface area (Å²) in [5, 5.41) is 10.7. The summed E-state index contributed by atoms with van der Waals surface area (Å²) in [5.74, 6) is -0.505. The van der Waals surface area contributed by atoms with Crippen LogP contribution in [-0.2, 0) is 6.54 Å². The van der Waals surface area contributed by atoms with Gasteiger partial charge in [0.25, 0.3) is 11.5 Å². The van der Waals surface area contributed by atoms with Crippen molar-refractivity contribution in [2.75, 3.05) is 13.1 Å². The number of fused-ring (bicyclic) bond motifs is 4. The quantitative estimate of drug-likeness (QED) is 0.616. The number of carbonyl (C=O) groups is 1. The number of hydrogen-bond acceptors (Lipinski definition) is 5. The molecule has 2 bridgehead atoms. The molecule has 0 spiro atoms. The van der Waals surface area contributed by atoms with Crippen LogP contribution in [0.25, 0.3) is 0 Å². The second-order valence-corrected chi connectivity index (χ2v) is 6.30. The van der Waals surface area contributed by atoms with Gasteiger partial charge in [0.2, 0.25) is 0 Å². The van der Waals surface area contributed by atoms with Crippen molar-refractivity contribution < 1.29 is 14.1 Å². The Hall–Kier alpha value is -2.90. The third kappa shape index (κ3) is 2.31. The minimum absolute atomic E-state index is 0.0105. The molecule has 1 fully saturated rings. The molecule has 0 saturated carbocycles. The fourth-order valence-corrected chi connectivity index (χ4v) is 3.76. The van der Waals surface area contributed by atoms with E-state index in [9.17, 15) is 19.7 Å². The number of likely N-dealkylation sites (tertiary alicyclic amines) is 1. The van der Waals surface area contributed by atoms with Gasteiger partial charge >= 0.3 is 5.88 Å². The Kier molecular flexibility index (Phi) is 3.26. The smallest absolute Gasteiger partial charge is 0.395 e. The van der Waals surface area contributed by atoms with E-state index in [4.69, 9.17) is 4.42 Å². The summed E-state index contributed by atoms with van der Waals surface area (Å²) in [5.41, 5.74) is 0.935. The molecule has 124 valence electrons. The largest absolute Gasteiger partial charge is 0.433 e. The van der Waals surface area contributed by atoms with Crippen LogP contribution in [0.4, 0.5) is 5.88 Å². The molecule has 2 aromatic heterocycles. The van der Waals surface area contributed by atoms with Gasteiger partial charge in [-0.3, -0.25) is 19.7 Å². The second-order valence-electron chi connectivity index (χ2n) is 6.30. The van der Waals surface area contributed by atoms with Crippen molar-refractivity contribution in [3.8, 4) is 0 Å². The number of carbonyl (C=O) groups excluding carboxylic acids is 1. The van der Waals surface area contributed by atoms with Crippen molar-refractivity contribution in [3.63, 3.8) is 0 Å². The van der Waals surface area contributed by atoms with E-state index in [0.29, 0.717) is 19.6 Å². The number of furan rings is 1. The molecule has 0 aromatic carbocycles. The van der Waals surface area contributed by atoms with Crippen molar-refractivity contribution in [1.82, 2.24) is 9.47 Å². The Bertz CT molecular complexity index is 884. The van der Waals surface area contributed by atoms with Crippen LogP contribution in [-0.4, -0.2) is 33.4 Å². The van der Waals surface area contributed by atoms with Gasteiger partial charge in [-0.15, -0.1) is 0 Å². The standard InChI is InChI=1S/C16H15N3O5/c20-14-3-1-2-12-11-6-10(8-18(12)14)7-17(9-11)16(21)13-4-5-15(24-13)19(22)23/h1-5,10-11H,6-9H2/t10-,11+/m0/s1. The number of piperidine rings is 1. The maximum Gasteiger partial charge on any atom is 0.433 e. The Morgan fingerprint density at radius 3 is 2.79 bits per heavy atom. The molecule has 0 radical (unpaired) electrons. The molecule has 2 aromatic rings. The first-order valence-corrected chi connectivity index (χ1v) is 7.76. The van der Waals surface area contributed by atoms with Gasteiger partial charge in [0.15, 0.2) is 5.76 Å². The molecular formula is C16H15N3O5. The molecule has 8 heteroatoms. The molecule has 1 amide bonds. The van der Waals surface area contributed by atoms with Gasteiger partial charge in [-0.2, -0.15) is 0 Å². The van der Waals surface area contributed by atoms with Crippen LogP contribution >= 0.6 is 0 Å². The SMILES string of the molecule is O=C(c1ccc([N+](=O)[O-])o1)N1C[C@@H]2C[C@H](C1)c1cccc(=O)n1C2. The van der Waals surface area contributed by atoms with Crippen LogP contribution in [0.3, 0.4) is 0 Å². The zero-order valence-corrected chi connectivity index (χ0v) is 12.8. The predicted molar refractivity (Wildman–Crippen MR) is 82.8 cm³/mol. The van der Waals surface area contributed by atoms with Gasteiger partial charge in [-0.25, -0.2) is 0 Å². The van der Waals surface area contributed by atoms with Gasteiger partial charge < -0.3 is 13.9 Å². The number of hydrogen-bond donors (Lipinski definition) is 0. The maximum absolute atomic E-state index is 12.6. The second kappa shape index (κ2) is 5.33. The molecule has 4 heterocycles. The highest BCUT2D eigenvalue weighted by Crippen LogP contribution is 2.35. The van der Waals surface area contributed by atoms with Crippen LogP contribution < -0.4 is 5.56 Å². The summed E-state index contributed by atoms with van der Waals surface area (Å²) < 4.78 is 6.82. The van der Waals surface area contributed by atoms with E-state index in [0.717, 1.165) is 12.1 Å². The molecule has 2 aliphatic heterocycles. The third-order valence-electron chi connectivity index (χ3n) is 4.75. The van der Waals surface area contributed by atoms with E-state index in [1.54, 1.807) is 21.6 Å². The molecule has 2 atom stereocenters. The minimum Gasteiger partial charge on any atom is -0.395 e. The van der Waals surface area contributed by atoms with Gasteiger partial charge in [-0.1, -0.05) is 6.07 Å². The first-order valence-electron chi connectivity index (χ1n) is 7.76. The average molecular weight is 329 g/mol. The lowest BCUT2D eigenvalue weighted by Gasteiger charge is -2.42. The molecule has 1 saturated heterocycles. The van der Waals surface area contributed by atoms with Crippen LogP contribution in [0.15, 0.2) is 39.5 Å². The Labute approximate surface area is 136 Å². The summed E-state index contributed by atoms with van der Waals surface area (Å²) >= 11 is 0. The van der Waals surface area contributed by atoms with Crippen molar-refractivity contribution in [2.24, 2.45) is 5.92 Å². The zero-order valence-electron chi connectivity index (χ0n) is 12.8. The molecule has 0 N–H and O–H groups in total. The topological polar surface area (TPSA) is 98.6 Å². The van der Waals surface area contributed by atoms with Crippen molar-refractivity contribution >= 4 is 11.8 Å². The number of pyridine rings is 1. The van der Waals surface area contributed by atoms with Gasteiger partial charge in [-0.05, 0) is 24.5 Å². The van der Waals surface area contributed by atoms with E-state index < -0.39 is 10.8 Å². The van der Waals surface area contributed by atoms with E-state index in [2.05, 4.69) is 0 Å². The van der Waals surface area contributed by atoms with E-state index in [1.807, 2.05) is 6.07 Å². The molecule has 24 heavy (non-hydrogen) atoms. The van der Waals surface area contributed by atoms with Crippen LogP contribution in [0.5, 0.6) is 0 Å². The highest BCUT2D eigenvalue weighted by atomic mass is 16.6. The van der Waals surface area contributed by atoms with Gasteiger partial charge in [0.05, 0.1) is 6.07 Å². The van der Waals surface area contributed by atoms with Crippen LogP contribution in [0.2, 0.25) is 0 Å². The Morgan fingerprint density at radius 2 is 2.04 bits per heavy atom. The Balaban J connectivity index is 1.60. The predicted octanol–water partition coefficient (Wildman–Crippen LogP) is 1.61. The number of rotatable bonds is 2. The minimum atomic E-state index is -0.662.